The van der Waals surface area contributed by atoms with Gasteiger partial charge < -0.3 is 15.7 Å². The van der Waals surface area contributed by atoms with Crippen molar-refractivity contribution in [2.75, 3.05) is 6.54 Å². The molecule has 0 saturated heterocycles. The number of hydrogen-bond donors (Lipinski definition) is 3. The van der Waals surface area contributed by atoms with E-state index in [1.807, 2.05) is 13.0 Å². The lowest BCUT2D eigenvalue weighted by Gasteiger charge is -2.23. The molecule has 1 aromatic rings. The monoisotopic (exact) mass is 320 g/mol. The molecule has 0 aliphatic heterocycles. The van der Waals surface area contributed by atoms with Crippen LogP contribution in [0.15, 0.2) is 30.3 Å². The van der Waals surface area contributed by atoms with Crippen molar-refractivity contribution in [2.45, 2.75) is 39.2 Å². The van der Waals surface area contributed by atoms with E-state index in [-0.39, 0.29) is 24.7 Å². The van der Waals surface area contributed by atoms with Crippen molar-refractivity contribution in [1.82, 2.24) is 10.6 Å². The molecule has 0 aliphatic carbocycles. The molecule has 126 valence electrons. The van der Waals surface area contributed by atoms with Crippen molar-refractivity contribution in [1.29, 1.82) is 0 Å². The van der Waals surface area contributed by atoms with Gasteiger partial charge in [0.25, 0.3) is 0 Å². The van der Waals surface area contributed by atoms with Crippen LogP contribution >= 0.6 is 0 Å². The molecular weight excluding hydrogens is 296 g/mol. The van der Waals surface area contributed by atoms with E-state index in [1.165, 1.54) is 0 Å². The maximum atomic E-state index is 12.0. The van der Waals surface area contributed by atoms with Crippen LogP contribution in [-0.4, -0.2) is 29.4 Å². The first-order valence-corrected chi connectivity index (χ1v) is 7.79. The number of nitrogens with one attached hydrogen (secondary N) is 2. The van der Waals surface area contributed by atoms with Gasteiger partial charge in [0.15, 0.2) is 0 Å². The van der Waals surface area contributed by atoms with Crippen molar-refractivity contribution >= 4 is 17.8 Å². The van der Waals surface area contributed by atoms with E-state index in [0.717, 1.165) is 12.0 Å². The number of carbonyl (C=O) groups is 3. The van der Waals surface area contributed by atoms with Crippen molar-refractivity contribution in [2.24, 2.45) is 5.92 Å². The van der Waals surface area contributed by atoms with E-state index >= 15 is 0 Å². The van der Waals surface area contributed by atoms with E-state index in [2.05, 4.69) is 10.6 Å². The van der Waals surface area contributed by atoms with Crippen LogP contribution < -0.4 is 10.6 Å². The van der Waals surface area contributed by atoms with Crippen molar-refractivity contribution in [3.8, 4) is 0 Å². The topological polar surface area (TPSA) is 95.5 Å². The number of hydrogen-bond acceptors (Lipinski definition) is 3. The zero-order valence-electron chi connectivity index (χ0n) is 13.5. The summed E-state index contributed by atoms with van der Waals surface area (Å²) >= 11 is 0. The maximum Gasteiger partial charge on any atom is 0.308 e. The van der Waals surface area contributed by atoms with Crippen LogP contribution in [0.2, 0.25) is 0 Å². The van der Waals surface area contributed by atoms with Crippen LogP contribution in [-0.2, 0) is 14.4 Å². The van der Waals surface area contributed by atoms with Crippen molar-refractivity contribution in [3.63, 3.8) is 0 Å². The first-order chi connectivity index (χ1) is 11.0. The number of rotatable bonds is 9. The lowest BCUT2D eigenvalue weighted by molar-refractivity contribution is -0.142. The van der Waals surface area contributed by atoms with Crippen molar-refractivity contribution < 1.29 is 19.5 Å². The number of aliphatic carboxylic acids is 1. The Labute approximate surface area is 136 Å². The molecule has 2 unspecified atom stereocenters. The van der Waals surface area contributed by atoms with E-state index in [0.29, 0.717) is 6.54 Å². The number of carbonyl (C=O) groups excluding carboxylic acids is 2. The van der Waals surface area contributed by atoms with Crippen LogP contribution in [0.1, 0.15) is 44.7 Å². The summed E-state index contributed by atoms with van der Waals surface area (Å²) in [5, 5.41) is 14.7. The second kappa shape index (κ2) is 9.61. The summed E-state index contributed by atoms with van der Waals surface area (Å²) in [6.45, 7) is 4.09. The van der Waals surface area contributed by atoms with Gasteiger partial charge in [-0.2, -0.15) is 0 Å². The average molecular weight is 320 g/mol. The van der Waals surface area contributed by atoms with Gasteiger partial charge in [0.05, 0.1) is 12.0 Å². The van der Waals surface area contributed by atoms with Crippen LogP contribution in [0.3, 0.4) is 0 Å². The fraction of sp³-hybridized carbons (Fsp3) is 0.471. The fourth-order valence-corrected chi connectivity index (χ4v) is 2.13. The summed E-state index contributed by atoms with van der Waals surface area (Å²) in [6.07, 6.45) is 0.962. The summed E-state index contributed by atoms with van der Waals surface area (Å²) in [7, 11) is 0. The third-order valence-electron chi connectivity index (χ3n) is 3.52. The standard InChI is InChI=1S/C17H24N2O4/c1-3-11-18-14(20)9-10-15(21)19-16(12(2)17(22)23)13-7-5-4-6-8-13/h4-8,12,16H,3,9-11H2,1-2H3,(H,18,20)(H,19,21)(H,22,23). The van der Waals surface area contributed by atoms with Gasteiger partial charge in [-0.05, 0) is 18.9 Å². The molecule has 0 heterocycles. The third-order valence-corrected chi connectivity index (χ3v) is 3.52. The molecule has 0 fully saturated rings. The van der Waals surface area contributed by atoms with E-state index in [1.54, 1.807) is 31.2 Å². The molecule has 1 aromatic carbocycles. The molecule has 0 radical (unpaired) electrons. The van der Waals surface area contributed by atoms with Gasteiger partial charge in [-0.1, -0.05) is 37.3 Å². The Balaban J connectivity index is 2.65. The van der Waals surface area contributed by atoms with Gasteiger partial charge in [-0.15, -0.1) is 0 Å². The van der Waals surface area contributed by atoms with Gasteiger partial charge >= 0.3 is 5.97 Å². The Hall–Kier alpha value is -2.37. The molecule has 0 spiro atoms. The molecule has 0 aromatic heterocycles. The summed E-state index contributed by atoms with van der Waals surface area (Å²) in [5.74, 6) is -2.27. The minimum absolute atomic E-state index is 0.0330. The van der Waals surface area contributed by atoms with Crippen LogP contribution in [0.25, 0.3) is 0 Å². The van der Waals surface area contributed by atoms with Gasteiger partial charge in [-0.25, -0.2) is 0 Å². The summed E-state index contributed by atoms with van der Waals surface area (Å²) in [6, 6.07) is 8.34. The first kappa shape index (κ1) is 18.7. The minimum Gasteiger partial charge on any atom is -0.481 e. The number of amides is 2. The Morgan fingerprint density at radius 3 is 2.26 bits per heavy atom. The molecule has 0 saturated carbocycles. The Kier molecular flexibility index (Phi) is 7.80. The summed E-state index contributed by atoms with van der Waals surface area (Å²) in [5.41, 5.74) is 0.728. The average Bonchev–Trinajstić information content (AvgIpc) is 2.56. The molecule has 0 bridgehead atoms. The van der Waals surface area contributed by atoms with Gasteiger partial charge in [0.2, 0.25) is 11.8 Å². The van der Waals surface area contributed by atoms with Gasteiger partial charge in [0.1, 0.15) is 0 Å². The molecular formula is C17H24N2O4. The molecule has 3 N–H and O–H groups in total. The quantitative estimate of drug-likeness (QED) is 0.647. The Morgan fingerprint density at radius 1 is 1.09 bits per heavy atom. The zero-order valence-corrected chi connectivity index (χ0v) is 13.5. The molecule has 2 amide bonds. The fourth-order valence-electron chi connectivity index (χ4n) is 2.13. The van der Waals surface area contributed by atoms with Crippen LogP contribution in [0.5, 0.6) is 0 Å². The summed E-state index contributed by atoms with van der Waals surface area (Å²) < 4.78 is 0. The van der Waals surface area contributed by atoms with Crippen LogP contribution in [0.4, 0.5) is 0 Å². The zero-order chi connectivity index (χ0) is 17.2. The Bertz CT molecular complexity index is 531. The molecule has 23 heavy (non-hydrogen) atoms. The minimum atomic E-state index is -0.986. The van der Waals surface area contributed by atoms with Crippen molar-refractivity contribution in [3.05, 3.63) is 35.9 Å². The van der Waals surface area contributed by atoms with Gasteiger partial charge in [-0.3, -0.25) is 14.4 Å². The van der Waals surface area contributed by atoms with E-state index < -0.39 is 17.9 Å². The predicted molar refractivity (Wildman–Crippen MR) is 86.7 cm³/mol. The molecule has 6 heteroatoms. The second-order valence-corrected chi connectivity index (χ2v) is 5.43. The lowest BCUT2D eigenvalue weighted by Crippen LogP contribution is -2.36. The highest BCUT2D eigenvalue weighted by Gasteiger charge is 2.26. The second-order valence-electron chi connectivity index (χ2n) is 5.43. The molecule has 1 rings (SSSR count). The Morgan fingerprint density at radius 2 is 1.70 bits per heavy atom. The number of benzene rings is 1. The highest BCUT2D eigenvalue weighted by Crippen LogP contribution is 2.22. The normalized spacial score (nSPS) is 13.0. The van der Waals surface area contributed by atoms with E-state index in [9.17, 15) is 19.5 Å². The SMILES string of the molecule is CCCNC(=O)CCC(=O)NC(c1ccccc1)C(C)C(=O)O. The summed E-state index contributed by atoms with van der Waals surface area (Å²) in [4.78, 5) is 34.8. The highest BCUT2D eigenvalue weighted by atomic mass is 16.4. The highest BCUT2D eigenvalue weighted by molar-refractivity contribution is 5.84. The number of carboxylic acid groups (broad SMARTS) is 1. The predicted octanol–water partition coefficient (Wildman–Crippen LogP) is 1.87. The van der Waals surface area contributed by atoms with E-state index in [4.69, 9.17) is 0 Å². The van der Waals surface area contributed by atoms with Crippen LogP contribution in [0, 0.1) is 5.92 Å². The lowest BCUT2D eigenvalue weighted by atomic mass is 9.94. The molecule has 6 nitrogen and oxygen atoms in total. The van der Waals surface area contributed by atoms with Gasteiger partial charge in [0, 0.05) is 19.4 Å². The largest absolute Gasteiger partial charge is 0.481 e. The maximum absolute atomic E-state index is 12.0. The molecule has 0 aliphatic rings. The molecule has 2 atom stereocenters. The first-order valence-electron chi connectivity index (χ1n) is 7.79. The third kappa shape index (κ3) is 6.50. The number of carboxylic acids is 1. The smallest absolute Gasteiger partial charge is 0.308 e.